The lowest BCUT2D eigenvalue weighted by Gasteiger charge is -2.15. The number of carbonyl (C=O) groups excluding carboxylic acids is 1. The van der Waals surface area contributed by atoms with Crippen molar-refractivity contribution in [3.05, 3.63) is 41.7 Å². The van der Waals surface area contributed by atoms with Crippen LogP contribution >= 0.6 is 0 Å². The molecule has 0 atom stereocenters. The Bertz CT molecular complexity index is 673. The molecule has 0 bridgehead atoms. The number of anilines is 2. The predicted octanol–water partition coefficient (Wildman–Crippen LogP) is 1.65. The molecule has 0 unspecified atom stereocenters. The number of hydrogen-bond donors (Lipinski definition) is 2. The van der Waals surface area contributed by atoms with Crippen LogP contribution in [0, 0.1) is 0 Å². The molecule has 2 heterocycles. The highest BCUT2D eigenvalue weighted by Gasteiger charge is 2.11. The SMILES string of the molecule is CCN(C)c1ccc(CNc2cnc(OC)c(C(N)=O)c2)cn1. The molecular formula is C16H21N5O2. The third-order valence-corrected chi connectivity index (χ3v) is 3.48. The maximum absolute atomic E-state index is 11.4. The summed E-state index contributed by atoms with van der Waals surface area (Å²) >= 11 is 0. The number of aromatic nitrogens is 2. The minimum absolute atomic E-state index is 0.219. The van der Waals surface area contributed by atoms with E-state index in [2.05, 4.69) is 27.1 Å². The number of methoxy groups -OCH3 is 1. The van der Waals surface area contributed by atoms with Gasteiger partial charge in [-0.05, 0) is 24.6 Å². The highest BCUT2D eigenvalue weighted by atomic mass is 16.5. The van der Waals surface area contributed by atoms with Gasteiger partial charge in [0.1, 0.15) is 11.4 Å². The average Bonchev–Trinajstić information content (AvgIpc) is 2.59. The van der Waals surface area contributed by atoms with E-state index in [4.69, 9.17) is 10.5 Å². The molecule has 23 heavy (non-hydrogen) atoms. The van der Waals surface area contributed by atoms with Crippen LogP contribution in [0.15, 0.2) is 30.6 Å². The monoisotopic (exact) mass is 315 g/mol. The fraction of sp³-hybridized carbons (Fsp3) is 0.312. The molecule has 7 heteroatoms. The predicted molar refractivity (Wildman–Crippen MR) is 89.8 cm³/mol. The van der Waals surface area contributed by atoms with Crippen molar-refractivity contribution >= 4 is 17.4 Å². The van der Waals surface area contributed by atoms with Crippen molar-refractivity contribution in [1.29, 1.82) is 0 Å². The molecule has 0 radical (unpaired) electrons. The molecule has 0 saturated heterocycles. The number of nitrogens with two attached hydrogens (primary N) is 1. The zero-order valence-corrected chi connectivity index (χ0v) is 13.5. The van der Waals surface area contributed by atoms with E-state index >= 15 is 0 Å². The first-order valence-corrected chi connectivity index (χ1v) is 7.29. The van der Waals surface area contributed by atoms with E-state index in [1.54, 1.807) is 12.3 Å². The maximum atomic E-state index is 11.4. The lowest BCUT2D eigenvalue weighted by Crippen LogP contribution is -2.17. The summed E-state index contributed by atoms with van der Waals surface area (Å²) < 4.78 is 5.02. The van der Waals surface area contributed by atoms with Gasteiger partial charge in [0.05, 0.1) is 19.0 Å². The minimum Gasteiger partial charge on any atom is -0.480 e. The van der Waals surface area contributed by atoms with Gasteiger partial charge in [0.15, 0.2) is 0 Å². The van der Waals surface area contributed by atoms with Crippen molar-refractivity contribution in [3.63, 3.8) is 0 Å². The van der Waals surface area contributed by atoms with Gasteiger partial charge in [0.25, 0.3) is 5.91 Å². The van der Waals surface area contributed by atoms with E-state index in [-0.39, 0.29) is 11.4 Å². The number of hydrogen-bond acceptors (Lipinski definition) is 6. The highest BCUT2D eigenvalue weighted by molar-refractivity contribution is 5.95. The van der Waals surface area contributed by atoms with Crippen LogP contribution in [0.3, 0.4) is 0 Å². The van der Waals surface area contributed by atoms with Crippen molar-refractivity contribution in [2.24, 2.45) is 5.73 Å². The Morgan fingerprint density at radius 1 is 1.35 bits per heavy atom. The zero-order chi connectivity index (χ0) is 16.8. The maximum Gasteiger partial charge on any atom is 0.254 e. The molecule has 0 fully saturated rings. The molecule has 0 spiro atoms. The summed E-state index contributed by atoms with van der Waals surface area (Å²) in [6, 6.07) is 5.61. The fourth-order valence-corrected chi connectivity index (χ4v) is 2.00. The van der Waals surface area contributed by atoms with E-state index in [1.807, 2.05) is 25.4 Å². The molecule has 0 saturated carbocycles. The number of amides is 1. The van der Waals surface area contributed by atoms with Crippen LogP contribution in [0.25, 0.3) is 0 Å². The van der Waals surface area contributed by atoms with Gasteiger partial charge in [-0.15, -0.1) is 0 Å². The van der Waals surface area contributed by atoms with Gasteiger partial charge in [0, 0.05) is 26.3 Å². The van der Waals surface area contributed by atoms with E-state index in [9.17, 15) is 4.79 Å². The van der Waals surface area contributed by atoms with E-state index in [1.165, 1.54) is 7.11 Å². The molecule has 122 valence electrons. The van der Waals surface area contributed by atoms with Crippen LogP contribution in [-0.2, 0) is 6.54 Å². The largest absolute Gasteiger partial charge is 0.480 e. The van der Waals surface area contributed by atoms with Crippen molar-refractivity contribution in [2.45, 2.75) is 13.5 Å². The lowest BCUT2D eigenvalue weighted by molar-refractivity contribution is 0.0996. The van der Waals surface area contributed by atoms with Crippen LogP contribution in [0.1, 0.15) is 22.8 Å². The van der Waals surface area contributed by atoms with Crippen molar-refractivity contribution < 1.29 is 9.53 Å². The van der Waals surface area contributed by atoms with Gasteiger partial charge in [0.2, 0.25) is 5.88 Å². The molecule has 0 aliphatic rings. The Morgan fingerprint density at radius 2 is 2.13 bits per heavy atom. The van der Waals surface area contributed by atoms with Crippen molar-refractivity contribution in [1.82, 2.24) is 9.97 Å². The van der Waals surface area contributed by atoms with Gasteiger partial charge >= 0.3 is 0 Å². The van der Waals surface area contributed by atoms with Crippen molar-refractivity contribution in [2.75, 3.05) is 30.9 Å². The van der Waals surface area contributed by atoms with Crippen LogP contribution < -0.4 is 20.7 Å². The number of nitrogens with one attached hydrogen (secondary N) is 1. The van der Waals surface area contributed by atoms with Crippen LogP contribution in [-0.4, -0.2) is 36.6 Å². The van der Waals surface area contributed by atoms with Gasteiger partial charge in [-0.1, -0.05) is 6.07 Å². The summed E-state index contributed by atoms with van der Waals surface area (Å²) in [4.78, 5) is 21.9. The Balaban J connectivity index is 2.06. The minimum atomic E-state index is -0.577. The molecule has 2 rings (SSSR count). The summed E-state index contributed by atoms with van der Waals surface area (Å²) in [5, 5.41) is 3.19. The van der Waals surface area contributed by atoms with Gasteiger partial charge < -0.3 is 20.7 Å². The molecule has 7 nitrogen and oxygen atoms in total. The molecule has 0 aliphatic heterocycles. The third-order valence-electron chi connectivity index (χ3n) is 3.48. The Hall–Kier alpha value is -2.83. The van der Waals surface area contributed by atoms with E-state index < -0.39 is 5.91 Å². The smallest absolute Gasteiger partial charge is 0.254 e. The summed E-state index contributed by atoms with van der Waals surface area (Å²) in [5.41, 5.74) is 7.28. The van der Waals surface area contributed by atoms with E-state index in [0.29, 0.717) is 12.2 Å². The average molecular weight is 315 g/mol. The standard InChI is InChI=1S/C16H21N5O2/c1-4-21(2)14-6-5-11(9-19-14)8-18-12-7-13(15(17)22)16(23-3)20-10-12/h5-7,9-10,18H,4,8H2,1-3H3,(H2,17,22). The lowest BCUT2D eigenvalue weighted by atomic mass is 10.2. The van der Waals surface area contributed by atoms with Crippen LogP contribution in [0.2, 0.25) is 0 Å². The number of primary amides is 1. The van der Waals surface area contributed by atoms with Gasteiger partial charge in [-0.25, -0.2) is 9.97 Å². The molecule has 1 amide bonds. The van der Waals surface area contributed by atoms with Gasteiger partial charge in [-0.3, -0.25) is 4.79 Å². The Labute approximate surface area is 135 Å². The summed E-state index contributed by atoms with van der Waals surface area (Å²) in [7, 11) is 3.44. The molecule has 2 aromatic heterocycles. The number of pyridine rings is 2. The van der Waals surface area contributed by atoms with Crippen molar-refractivity contribution in [3.8, 4) is 5.88 Å². The number of ether oxygens (including phenoxy) is 1. The molecule has 2 aromatic rings. The summed E-state index contributed by atoms with van der Waals surface area (Å²) in [6.07, 6.45) is 3.42. The molecular weight excluding hydrogens is 294 g/mol. The fourth-order valence-electron chi connectivity index (χ4n) is 2.00. The summed E-state index contributed by atoms with van der Waals surface area (Å²) in [5.74, 6) is 0.571. The van der Waals surface area contributed by atoms with E-state index in [0.717, 1.165) is 17.9 Å². The van der Waals surface area contributed by atoms with Gasteiger partial charge in [-0.2, -0.15) is 0 Å². The molecule has 3 N–H and O–H groups in total. The summed E-state index contributed by atoms with van der Waals surface area (Å²) in [6.45, 7) is 3.54. The highest BCUT2D eigenvalue weighted by Crippen LogP contribution is 2.19. The van der Waals surface area contributed by atoms with Crippen LogP contribution in [0.4, 0.5) is 11.5 Å². The first-order valence-electron chi connectivity index (χ1n) is 7.29. The topological polar surface area (TPSA) is 93.4 Å². The first kappa shape index (κ1) is 16.5. The van der Waals surface area contributed by atoms with Crippen LogP contribution in [0.5, 0.6) is 5.88 Å². The molecule has 0 aliphatic carbocycles. The number of rotatable bonds is 7. The third kappa shape index (κ3) is 4.09. The Kier molecular flexibility index (Phi) is 5.35. The second kappa shape index (κ2) is 7.44. The number of carbonyl (C=O) groups is 1. The first-order chi connectivity index (χ1) is 11.0. The quantitative estimate of drug-likeness (QED) is 0.807. The normalized spacial score (nSPS) is 10.2. The second-order valence-corrected chi connectivity index (χ2v) is 5.04. The molecule has 0 aromatic carbocycles. The Morgan fingerprint density at radius 3 is 2.70 bits per heavy atom. The number of nitrogens with zero attached hydrogens (tertiary/aromatic N) is 3. The zero-order valence-electron chi connectivity index (χ0n) is 13.5. The second-order valence-electron chi connectivity index (χ2n) is 5.04.